The molecule has 0 radical (unpaired) electrons. The Morgan fingerprint density at radius 1 is 1.07 bits per heavy atom. The minimum absolute atomic E-state index is 0.00461. The predicted octanol–water partition coefficient (Wildman–Crippen LogP) is -0.844. The first-order chi connectivity index (χ1) is 12.7. The molecule has 0 fully saturated rings. The Balaban J connectivity index is 1.94. The van der Waals surface area contributed by atoms with E-state index in [4.69, 9.17) is 16.2 Å². The maximum atomic E-state index is 12.3. The molecule has 0 aliphatic rings. The van der Waals surface area contributed by atoms with E-state index in [0.717, 1.165) is 0 Å². The molecule has 0 aliphatic carbocycles. The molecule has 0 atom stereocenters. The Kier molecular flexibility index (Phi) is 6.27. The minimum Gasteiger partial charge on any atom is -0.478 e. The summed E-state index contributed by atoms with van der Waals surface area (Å²) in [5.41, 5.74) is 6.18. The predicted molar refractivity (Wildman–Crippen MR) is 98.5 cm³/mol. The zero-order valence-corrected chi connectivity index (χ0v) is 15.0. The Hall–Kier alpha value is -3.24. The zero-order valence-electron chi connectivity index (χ0n) is 14.2. The molecule has 0 saturated carbocycles. The van der Waals surface area contributed by atoms with Crippen LogP contribution >= 0.6 is 0 Å². The molecule has 0 spiro atoms. The Morgan fingerprint density at radius 2 is 1.74 bits per heavy atom. The van der Waals surface area contributed by atoms with E-state index in [-0.39, 0.29) is 29.3 Å². The molecule has 0 aliphatic heterocycles. The summed E-state index contributed by atoms with van der Waals surface area (Å²) < 4.78 is 26.8. The molecule has 2 aromatic rings. The van der Waals surface area contributed by atoms with Crippen LogP contribution in [0.15, 0.2) is 53.4 Å². The molecule has 2 rings (SSSR count). The van der Waals surface area contributed by atoms with Crippen molar-refractivity contribution in [2.45, 2.75) is 11.3 Å². The third-order valence-electron chi connectivity index (χ3n) is 3.52. The highest BCUT2D eigenvalue weighted by Gasteiger charge is 2.16. The molecule has 7 N–H and O–H groups in total. The van der Waals surface area contributed by atoms with Crippen LogP contribution in [-0.4, -0.2) is 37.8 Å². The average molecular weight is 391 g/mol. The van der Waals surface area contributed by atoms with Gasteiger partial charge in [-0.2, -0.15) is 0 Å². The summed E-state index contributed by atoms with van der Waals surface area (Å²) in [6.07, 6.45) is -0.138. The Bertz CT molecular complexity index is 988. The van der Waals surface area contributed by atoms with Crippen LogP contribution in [0.25, 0.3) is 0 Å². The van der Waals surface area contributed by atoms with Gasteiger partial charge in [-0.3, -0.25) is 15.9 Å². The number of hydrogen-bond acceptors (Lipinski definition) is 4. The standard InChI is InChI=1S/C17H18N4O5S/c18-16(19)11-3-2-6-14(10-11)27(25,26)20-8-7-15(22)21-13-5-1-4-12(9-13)17(23)24/h1-6,9-10,20H,7-8H2,(H3,18,19)(H,21,22)(H,23,24)/p+1. The lowest BCUT2D eigenvalue weighted by Gasteiger charge is -2.08. The maximum absolute atomic E-state index is 12.3. The molecule has 0 bridgehead atoms. The van der Waals surface area contributed by atoms with Gasteiger partial charge in [0.2, 0.25) is 15.9 Å². The molecule has 0 heterocycles. The Labute approximate surface area is 155 Å². The van der Waals surface area contributed by atoms with E-state index >= 15 is 0 Å². The van der Waals surface area contributed by atoms with E-state index in [9.17, 15) is 18.0 Å². The van der Waals surface area contributed by atoms with Crippen LogP contribution in [0.3, 0.4) is 0 Å². The largest absolute Gasteiger partial charge is 0.478 e. The van der Waals surface area contributed by atoms with Crippen molar-refractivity contribution in [1.82, 2.24) is 4.72 Å². The number of anilines is 1. The van der Waals surface area contributed by atoms with Gasteiger partial charge in [-0.1, -0.05) is 12.1 Å². The lowest BCUT2D eigenvalue weighted by atomic mass is 10.2. The van der Waals surface area contributed by atoms with Crippen molar-refractivity contribution in [3.8, 4) is 0 Å². The van der Waals surface area contributed by atoms with Gasteiger partial charge in [-0.15, -0.1) is 0 Å². The Morgan fingerprint density at radius 3 is 2.41 bits per heavy atom. The van der Waals surface area contributed by atoms with Gasteiger partial charge in [-0.25, -0.2) is 17.9 Å². The summed E-state index contributed by atoms with van der Waals surface area (Å²) >= 11 is 0. The van der Waals surface area contributed by atoms with Crippen molar-refractivity contribution >= 4 is 33.4 Å². The first kappa shape index (κ1) is 20.1. The van der Waals surface area contributed by atoms with Crippen molar-refractivity contribution in [3.63, 3.8) is 0 Å². The molecule has 142 valence electrons. The second kappa shape index (κ2) is 8.43. The average Bonchev–Trinajstić information content (AvgIpc) is 2.61. The number of amides is 1. The van der Waals surface area contributed by atoms with E-state index in [1.807, 2.05) is 0 Å². The second-order valence-electron chi connectivity index (χ2n) is 5.57. The van der Waals surface area contributed by atoms with E-state index in [1.54, 1.807) is 6.07 Å². The van der Waals surface area contributed by atoms with Gasteiger partial charge >= 0.3 is 5.97 Å². The van der Waals surface area contributed by atoms with E-state index in [2.05, 4.69) is 10.0 Å². The van der Waals surface area contributed by atoms with Gasteiger partial charge in [0.05, 0.1) is 16.0 Å². The fourth-order valence-electron chi connectivity index (χ4n) is 2.18. The zero-order chi connectivity index (χ0) is 20.0. The van der Waals surface area contributed by atoms with Crippen LogP contribution in [0.4, 0.5) is 5.69 Å². The fourth-order valence-corrected chi connectivity index (χ4v) is 3.26. The number of carbonyl (C=O) groups is 2. The number of sulfonamides is 1. The van der Waals surface area contributed by atoms with E-state index in [1.165, 1.54) is 42.5 Å². The van der Waals surface area contributed by atoms with Crippen LogP contribution in [0, 0.1) is 0 Å². The van der Waals surface area contributed by atoms with Crippen molar-refractivity contribution in [3.05, 3.63) is 59.7 Å². The van der Waals surface area contributed by atoms with Crippen LogP contribution in [0.1, 0.15) is 22.3 Å². The van der Waals surface area contributed by atoms with Crippen LogP contribution in [0.2, 0.25) is 0 Å². The molecule has 2 aromatic carbocycles. The topological polar surface area (TPSA) is 164 Å². The van der Waals surface area contributed by atoms with Crippen LogP contribution in [0.5, 0.6) is 0 Å². The van der Waals surface area contributed by atoms with Gasteiger partial charge in [0.25, 0.3) is 5.84 Å². The summed E-state index contributed by atoms with van der Waals surface area (Å²) in [4.78, 5) is 22.8. The lowest BCUT2D eigenvalue weighted by Crippen LogP contribution is -2.46. The first-order valence-electron chi connectivity index (χ1n) is 7.80. The SMILES string of the molecule is NC(=[NH2+])c1cccc(S(=O)(=O)NCCC(=O)Nc2cccc(C(=O)O)c2)c1. The smallest absolute Gasteiger partial charge is 0.335 e. The van der Waals surface area contributed by atoms with Crippen molar-refractivity contribution in [2.75, 3.05) is 11.9 Å². The second-order valence-corrected chi connectivity index (χ2v) is 7.33. The molecule has 10 heteroatoms. The summed E-state index contributed by atoms with van der Waals surface area (Å²) in [5.74, 6) is -1.58. The van der Waals surface area contributed by atoms with Crippen molar-refractivity contribution in [1.29, 1.82) is 0 Å². The first-order valence-corrected chi connectivity index (χ1v) is 9.28. The van der Waals surface area contributed by atoms with Crippen molar-refractivity contribution < 1.29 is 28.5 Å². The van der Waals surface area contributed by atoms with Gasteiger partial charge in [0.1, 0.15) is 0 Å². The number of carbonyl (C=O) groups excluding carboxylic acids is 1. The minimum atomic E-state index is -3.83. The number of carboxylic acid groups (broad SMARTS) is 1. The van der Waals surface area contributed by atoms with E-state index < -0.39 is 21.9 Å². The molecule has 27 heavy (non-hydrogen) atoms. The van der Waals surface area contributed by atoms with Gasteiger partial charge in [-0.05, 0) is 36.4 Å². The highest BCUT2D eigenvalue weighted by atomic mass is 32.2. The number of aromatic carboxylic acids is 1. The summed E-state index contributed by atoms with van der Waals surface area (Å²) in [7, 11) is -3.83. The number of amidine groups is 1. The van der Waals surface area contributed by atoms with Crippen molar-refractivity contribution in [2.24, 2.45) is 5.73 Å². The molecule has 0 saturated heterocycles. The normalized spacial score (nSPS) is 11.0. The highest BCUT2D eigenvalue weighted by molar-refractivity contribution is 7.89. The number of carboxylic acids is 1. The van der Waals surface area contributed by atoms with Gasteiger partial charge in [0, 0.05) is 18.7 Å². The number of rotatable bonds is 8. The molecular formula is C17H19N4O5S+. The molecule has 0 unspecified atom stereocenters. The van der Waals surface area contributed by atoms with Crippen LogP contribution < -0.4 is 21.2 Å². The van der Waals surface area contributed by atoms with E-state index in [0.29, 0.717) is 11.3 Å². The fraction of sp³-hybridized carbons (Fsp3) is 0.118. The number of hydrogen-bond donors (Lipinski definition) is 5. The third-order valence-corrected chi connectivity index (χ3v) is 4.97. The number of nitrogens with two attached hydrogens (primary N) is 2. The highest BCUT2D eigenvalue weighted by Crippen LogP contribution is 2.12. The summed E-state index contributed by atoms with van der Waals surface area (Å²) in [5, 5.41) is 16.9. The summed E-state index contributed by atoms with van der Waals surface area (Å²) in [6, 6.07) is 11.5. The number of benzene rings is 2. The monoisotopic (exact) mass is 391 g/mol. The lowest BCUT2D eigenvalue weighted by molar-refractivity contribution is -0.116. The molecule has 9 nitrogen and oxygen atoms in total. The van der Waals surface area contributed by atoms with Crippen LogP contribution in [-0.2, 0) is 14.8 Å². The quantitative estimate of drug-likeness (QED) is 0.291. The third kappa shape index (κ3) is 5.62. The molecule has 0 aromatic heterocycles. The summed E-state index contributed by atoms with van der Waals surface area (Å²) in [6.45, 7) is -0.140. The molecule has 1 amide bonds. The molecular weight excluding hydrogens is 372 g/mol. The van der Waals surface area contributed by atoms with Gasteiger partial charge < -0.3 is 10.4 Å². The maximum Gasteiger partial charge on any atom is 0.335 e. The number of nitrogens with one attached hydrogen (secondary N) is 2. The van der Waals surface area contributed by atoms with Gasteiger partial charge in [0.15, 0.2) is 0 Å².